The van der Waals surface area contributed by atoms with Gasteiger partial charge in [0, 0.05) is 51.5 Å². The molecule has 3 fully saturated rings. The van der Waals surface area contributed by atoms with Gasteiger partial charge in [0.2, 0.25) is 0 Å². The van der Waals surface area contributed by atoms with Crippen LogP contribution in [0.2, 0.25) is 0 Å². The summed E-state index contributed by atoms with van der Waals surface area (Å²) in [7, 11) is 0. The van der Waals surface area contributed by atoms with E-state index in [2.05, 4.69) is 41.4 Å². The minimum absolute atomic E-state index is 0.0696. The minimum atomic E-state index is 0.0696. The summed E-state index contributed by atoms with van der Waals surface area (Å²) in [6.45, 7) is 7.40. The summed E-state index contributed by atoms with van der Waals surface area (Å²) in [6.07, 6.45) is 5.05. The first-order valence-corrected chi connectivity index (χ1v) is 10.1. The number of likely N-dealkylation sites (tertiary alicyclic amines) is 1. The van der Waals surface area contributed by atoms with Gasteiger partial charge in [0.15, 0.2) is 0 Å². The number of nitrogens with one attached hydrogen (secondary N) is 1. The second-order valence-corrected chi connectivity index (χ2v) is 8.19. The third-order valence-electron chi connectivity index (χ3n) is 6.01. The van der Waals surface area contributed by atoms with Crippen molar-refractivity contribution in [2.45, 2.75) is 51.2 Å². The van der Waals surface area contributed by atoms with Crippen molar-refractivity contribution in [2.75, 3.05) is 32.8 Å². The molecule has 1 aromatic carbocycles. The second kappa shape index (κ2) is 7.97. The van der Waals surface area contributed by atoms with E-state index in [0.717, 1.165) is 50.6 Å². The van der Waals surface area contributed by atoms with Crippen molar-refractivity contribution in [2.24, 2.45) is 5.92 Å². The first-order chi connectivity index (χ1) is 12.7. The molecule has 142 valence electrons. The number of aryl methyl sites for hydroxylation is 1. The molecule has 2 amide bonds. The molecule has 1 aromatic rings. The number of benzene rings is 1. The molecule has 3 aliphatic rings. The first-order valence-electron chi connectivity index (χ1n) is 10.1. The van der Waals surface area contributed by atoms with Crippen LogP contribution in [-0.2, 0) is 11.3 Å². The van der Waals surface area contributed by atoms with Crippen molar-refractivity contribution in [1.29, 1.82) is 0 Å². The zero-order valence-electron chi connectivity index (χ0n) is 15.8. The average molecular weight is 357 g/mol. The highest BCUT2D eigenvalue weighted by Crippen LogP contribution is 2.33. The molecule has 26 heavy (non-hydrogen) atoms. The Hall–Kier alpha value is -1.59. The number of carbonyl (C=O) groups is 1. The Morgan fingerprint density at radius 3 is 2.46 bits per heavy atom. The molecular weight excluding hydrogens is 326 g/mol. The predicted octanol–water partition coefficient (Wildman–Crippen LogP) is 2.78. The van der Waals surface area contributed by atoms with Crippen LogP contribution in [0, 0.1) is 12.8 Å². The van der Waals surface area contributed by atoms with Gasteiger partial charge in [-0.25, -0.2) is 4.79 Å². The van der Waals surface area contributed by atoms with Gasteiger partial charge < -0.3 is 15.0 Å². The van der Waals surface area contributed by atoms with Crippen LogP contribution >= 0.6 is 0 Å². The minimum Gasteiger partial charge on any atom is -0.381 e. The molecule has 1 saturated carbocycles. The summed E-state index contributed by atoms with van der Waals surface area (Å²) >= 11 is 0. The molecule has 0 bridgehead atoms. The molecule has 2 heterocycles. The molecule has 0 spiro atoms. The Bertz CT molecular complexity index is 602. The number of urea groups is 1. The largest absolute Gasteiger partial charge is 0.381 e. The normalized spacial score (nSPS) is 21.7. The van der Waals surface area contributed by atoms with Crippen LogP contribution in [0.15, 0.2) is 24.3 Å². The number of hydrogen-bond donors (Lipinski definition) is 1. The fourth-order valence-corrected chi connectivity index (χ4v) is 4.04. The lowest BCUT2D eigenvalue weighted by atomic mass is 9.99. The lowest BCUT2D eigenvalue weighted by Gasteiger charge is -2.49. The third kappa shape index (κ3) is 4.38. The van der Waals surface area contributed by atoms with Gasteiger partial charge in [-0.2, -0.15) is 0 Å². The summed E-state index contributed by atoms with van der Waals surface area (Å²) < 4.78 is 5.54. The van der Waals surface area contributed by atoms with Gasteiger partial charge >= 0.3 is 6.03 Å². The molecule has 0 radical (unpaired) electrons. The summed E-state index contributed by atoms with van der Waals surface area (Å²) in [4.78, 5) is 17.1. The maximum Gasteiger partial charge on any atom is 0.317 e. The smallest absolute Gasteiger partial charge is 0.317 e. The van der Waals surface area contributed by atoms with Gasteiger partial charge in [-0.15, -0.1) is 0 Å². The van der Waals surface area contributed by atoms with Gasteiger partial charge in [-0.3, -0.25) is 4.90 Å². The molecule has 1 N–H and O–H groups in total. The zero-order valence-corrected chi connectivity index (χ0v) is 15.8. The second-order valence-electron chi connectivity index (χ2n) is 8.19. The molecule has 5 nitrogen and oxygen atoms in total. The van der Waals surface area contributed by atoms with E-state index in [1.54, 1.807) is 0 Å². The molecule has 5 heteroatoms. The first kappa shape index (κ1) is 17.8. The fourth-order valence-electron chi connectivity index (χ4n) is 4.04. The summed E-state index contributed by atoms with van der Waals surface area (Å²) in [5.74, 6) is 0.891. The van der Waals surface area contributed by atoms with Crippen LogP contribution in [0.5, 0.6) is 0 Å². The summed E-state index contributed by atoms with van der Waals surface area (Å²) in [5, 5.41) is 3.06. The molecule has 2 saturated heterocycles. The standard InChI is InChI=1S/C21H31N3O2/c1-16-2-4-17(5-3-16)12-22-21(25)23-14-20(15-23)24(13-18-6-7-18)19-8-10-26-11-9-19/h2-5,18-20H,6-15H2,1H3,(H,22,25). The Morgan fingerprint density at radius 2 is 1.81 bits per heavy atom. The lowest BCUT2D eigenvalue weighted by Crippen LogP contribution is -2.65. The molecule has 2 aliphatic heterocycles. The highest BCUT2D eigenvalue weighted by atomic mass is 16.5. The highest BCUT2D eigenvalue weighted by molar-refractivity contribution is 5.75. The van der Waals surface area contributed by atoms with Crippen LogP contribution < -0.4 is 5.32 Å². The molecular formula is C21H31N3O2. The number of carbonyl (C=O) groups excluding carboxylic acids is 1. The topological polar surface area (TPSA) is 44.8 Å². The van der Waals surface area contributed by atoms with Crippen LogP contribution in [0.25, 0.3) is 0 Å². The average Bonchev–Trinajstić information content (AvgIpc) is 3.44. The van der Waals surface area contributed by atoms with Crippen molar-refractivity contribution < 1.29 is 9.53 Å². The van der Waals surface area contributed by atoms with Gasteiger partial charge in [0.05, 0.1) is 0 Å². The lowest BCUT2D eigenvalue weighted by molar-refractivity contribution is -0.0213. The fraction of sp³-hybridized carbons (Fsp3) is 0.667. The van der Waals surface area contributed by atoms with E-state index in [4.69, 9.17) is 4.74 Å². The van der Waals surface area contributed by atoms with E-state index in [0.29, 0.717) is 18.6 Å². The Kier molecular flexibility index (Phi) is 5.46. The summed E-state index contributed by atoms with van der Waals surface area (Å²) in [5.41, 5.74) is 2.40. The number of amides is 2. The zero-order chi connectivity index (χ0) is 17.9. The SMILES string of the molecule is Cc1ccc(CNC(=O)N2CC(N(CC3CC3)C3CCOCC3)C2)cc1. The van der Waals surface area contributed by atoms with Gasteiger partial charge in [-0.05, 0) is 44.1 Å². The quantitative estimate of drug-likeness (QED) is 0.851. The maximum atomic E-state index is 12.4. The molecule has 4 rings (SSSR count). The van der Waals surface area contributed by atoms with Crippen LogP contribution in [0.3, 0.4) is 0 Å². The van der Waals surface area contributed by atoms with E-state index >= 15 is 0 Å². The van der Waals surface area contributed by atoms with E-state index < -0.39 is 0 Å². The van der Waals surface area contributed by atoms with Gasteiger partial charge in [-0.1, -0.05) is 29.8 Å². The van der Waals surface area contributed by atoms with Gasteiger partial charge in [0.25, 0.3) is 0 Å². The van der Waals surface area contributed by atoms with Crippen molar-refractivity contribution in [3.8, 4) is 0 Å². The van der Waals surface area contributed by atoms with Gasteiger partial charge in [0.1, 0.15) is 0 Å². The predicted molar refractivity (Wildman–Crippen MR) is 102 cm³/mol. The highest BCUT2D eigenvalue weighted by Gasteiger charge is 2.40. The van der Waals surface area contributed by atoms with Crippen molar-refractivity contribution in [3.05, 3.63) is 35.4 Å². The van der Waals surface area contributed by atoms with E-state index in [9.17, 15) is 4.79 Å². The number of nitrogens with zero attached hydrogens (tertiary/aromatic N) is 2. The monoisotopic (exact) mass is 357 g/mol. The van der Waals surface area contributed by atoms with E-state index in [1.807, 2.05) is 4.90 Å². The maximum absolute atomic E-state index is 12.4. The van der Waals surface area contributed by atoms with Crippen molar-refractivity contribution >= 4 is 6.03 Å². The molecule has 0 unspecified atom stereocenters. The number of ether oxygens (including phenoxy) is 1. The summed E-state index contributed by atoms with van der Waals surface area (Å²) in [6, 6.07) is 9.58. The van der Waals surface area contributed by atoms with Crippen LogP contribution in [-0.4, -0.2) is 60.8 Å². The van der Waals surface area contributed by atoms with Crippen LogP contribution in [0.1, 0.15) is 36.8 Å². The Morgan fingerprint density at radius 1 is 1.12 bits per heavy atom. The van der Waals surface area contributed by atoms with E-state index in [1.165, 1.54) is 24.9 Å². The Labute approximate surface area is 156 Å². The Balaban J connectivity index is 1.25. The third-order valence-corrected chi connectivity index (χ3v) is 6.01. The van der Waals surface area contributed by atoms with Crippen LogP contribution in [0.4, 0.5) is 4.79 Å². The molecule has 0 atom stereocenters. The number of hydrogen-bond acceptors (Lipinski definition) is 3. The molecule has 1 aliphatic carbocycles. The van der Waals surface area contributed by atoms with Crippen molar-refractivity contribution in [1.82, 2.24) is 15.1 Å². The van der Waals surface area contributed by atoms with E-state index in [-0.39, 0.29) is 6.03 Å². The number of rotatable bonds is 6. The van der Waals surface area contributed by atoms with Crippen molar-refractivity contribution in [3.63, 3.8) is 0 Å². The molecule has 0 aromatic heterocycles.